The minimum Gasteiger partial charge on any atom is -0.382 e. The van der Waals surface area contributed by atoms with E-state index in [4.69, 9.17) is 0 Å². The lowest BCUT2D eigenvalue weighted by atomic mass is 10.0. The van der Waals surface area contributed by atoms with Gasteiger partial charge in [0.05, 0.1) is 0 Å². The summed E-state index contributed by atoms with van der Waals surface area (Å²) in [6, 6.07) is 7.27. The number of likely N-dealkylation sites (tertiary alicyclic amines) is 1. The van der Waals surface area contributed by atoms with Crippen LogP contribution in [0.3, 0.4) is 0 Å². The van der Waals surface area contributed by atoms with Crippen molar-refractivity contribution in [2.75, 3.05) is 44.4 Å². The van der Waals surface area contributed by atoms with Gasteiger partial charge >= 0.3 is 0 Å². The first kappa shape index (κ1) is 13.2. The predicted molar refractivity (Wildman–Crippen MR) is 79.6 cm³/mol. The highest BCUT2D eigenvalue weighted by atomic mass is 15.1. The summed E-state index contributed by atoms with van der Waals surface area (Å²) in [6.45, 7) is 4.59. The summed E-state index contributed by atoms with van der Waals surface area (Å²) in [4.78, 5) is 4.55. The number of hydrogen-bond acceptors (Lipinski definition) is 3. The van der Waals surface area contributed by atoms with Crippen LogP contribution in [0.4, 0.5) is 11.4 Å². The Kier molecular flexibility index (Phi) is 4.12. The Hall–Kier alpha value is -1.22. The molecule has 0 aromatic heterocycles. The van der Waals surface area contributed by atoms with E-state index >= 15 is 0 Å². The van der Waals surface area contributed by atoms with Crippen molar-refractivity contribution in [2.24, 2.45) is 0 Å². The maximum absolute atomic E-state index is 3.69. The van der Waals surface area contributed by atoms with E-state index in [0.29, 0.717) is 6.04 Å². The molecule has 1 aliphatic rings. The summed E-state index contributed by atoms with van der Waals surface area (Å²) in [5.74, 6) is 0. The molecule has 0 radical (unpaired) electrons. The average molecular weight is 247 g/mol. The Bertz CT molecular complexity index is 393. The number of anilines is 2. The fourth-order valence-electron chi connectivity index (χ4n) is 2.46. The van der Waals surface area contributed by atoms with Gasteiger partial charge in [0.1, 0.15) is 0 Å². The van der Waals surface area contributed by atoms with E-state index in [1.165, 1.54) is 42.9 Å². The van der Waals surface area contributed by atoms with Gasteiger partial charge in [0.15, 0.2) is 0 Å². The molecular formula is C15H25N3. The zero-order chi connectivity index (χ0) is 13.1. The maximum Gasteiger partial charge on any atom is 0.0373 e. The number of aryl methyl sites for hydroxylation is 1. The second-order valence-electron chi connectivity index (χ2n) is 5.62. The van der Waals surface area contributed by atoms with E-state index in [0.717, 1.165) is 0 Å². The van der Waals surface area contributed by atoms with Gasteiger partial charge in [-0.2, -0.15) is 0 Å². The van der Waals surface area contributed by atoms with Crippen LogP contribution in [0, 0.1) is 6.92 Å². The third-order valence-corrected chi connectivity index (χ3v) is 3.80. The molecule has 1 N–H and O–H groups in total. The fourth-order valence-corrected chi connectivity index (χ4v) is 2.46. The van der Waals surface area contributed by atoms with Gasteiger partial charge in [-0.05, 0) is 63.7 Å². The van der Waals surface area contributed by atoms with Crippen LogP contribution in [0.25, 0.3) is 0 Å². The van der Waals surface area contributed by atoms with Crippen LogP contribution in [0.1, 0.15) is 18.4 Å². The molecule has 2 rings (SSSR count). The second-order valence-corrected chi connectivity index (χ2v) is 5.62. The third-order valence-electron chi connectivity index (χ3n) is 3.80. The summed E-state index contributed by atoms with van der Waals surface area (Å²) in [5, 5.41) is 3.69. The SMILES string of the molecule is Cc1cc(N(C)C)ccc1NC1CCN(C)CC1. The first-order chi connectivity index (χ1) is 8.56. The lowest BCUT2D eigenvalue weighted by Crippen LogP contribution is -2.36. The average Bonchev–Trinajstić information content (AvgIpc) is 2.34. The molecule has 18 heavy (non-hydrogen) atoms. The summed E-state index contributed by atoms with van der Waals surface area (Å²) < 4.78 is 0. The fraction of sp³-hybridized carbons (Fsp3) is 0.600. The smallest absolute Gasteiger partial charge is 0.0373 e. The number of nitrogens with one attached hydrogen (secondary N) is 1. The predicted octanol–water partition coefficient (Wildman–Crippen LogP) is 2.57. The molecule has 100 valence electrons. The highest BCUT2D eigenvalue weighted by Crippen LogP contribution is 2.23. The summed E-state index contributed by atoms with van der Waals surface area (Å²) >= 11 is 0. The monoisotopic (exact) mass is 247 g/mol. The van der Waals surface area contributed by atoms with Crippen LogP contribution in [-0.4, -0.2) is 45.2 Å². The maximum atomic E-state index is 3.69. The van der Waals surface area contributed by atoms with Crippen LogP contribution in [0.5, 0.6) is 0 Å². The largest absolute Gasteiger partial charge is 0.382 e. The highest BCUT2D eigenvalue weighted by molar-refractivity contribution is 5.60. The standard InChI is InChI=1S/C15H25N3/c1-12-11-14(17(2)3)5-6-15(12)16-13-7-9-18(4)10-8-13/h5-6,11,13,16H,7-10H2,1-4H3. The third kappa shape index (κ3) is 3.16. The molecule has 1 fully saturated rings. The van der Waals surface area contributed by atoms with Crippen molar-refractivity contribution < 1.29 is 0 Å². The molecule has 0 saturated carbocycles. The molecular weight excluding hydrogens is 222 g/mol. The quantitative estimate of drug-likeness (QED) is 0.885. The van der Waals surface area contributed by atoms with Crippen molar-refractivity contribution in [1.82, 2.24) is 4.90 Å². The van der Waals surface area contributed by atoms with Gasteiger partial charge in [-0.1, -0.05) is 0 Å². The van der Waals surface area contributed by atoms with E-state index in [1.54, 1.807) is 0 Å². The van der Waals surface area contributed by atoms with Crippen LogP contribution in [0.15, 0.2) is 18.2 Å². The molecule has 0 amide bonds. The molecule has 0 bridgehead atoms. The van der Waals surface area contributed by atoms with Gasteiger partial charge in [-0.3, -0.25) is 0 Å². The second kappa shape index (κ2) is 5.61. The van der Waals surface area contributed by atoms with Crippen molar-refractivity contribution in [3.8, 4) is 0 Å². The molecule has 1 aliphatic heterocycles. The zero-order valence-corrected chi connectivity index (χ0v) is 12.0. The Balaban J connectivity index is 2.01. The molecule has 1 aromatic carbocycles. The Morgan fingerprint density at radius 2 is 1.89 bits per heavy atom. The van der Waals surface area contributed by atoms with Gasteiger partial charge in [0.25, 0.3) is 0 Å². The molecule has 0 spiro atoms. The first-order valence-electron chi connectivity index (χ1n) is 6.79. The Labute approximate surface area is 111 Å². The number of piperidine rings is 1. The lowest BCUT2D eigenvalue weighted by molar-refractivity contribution is 0.264. The van der Waals surface area contributed by atoms with Crippen molar-refractivity contribution in [3.63, 3.8) is 0 Å². The number of rotatable bonds is 3. The minimum absolute atomic E-state index is 0.630. The van der Waals surface area contributed by atoms with Gasteiger partial charge in [-0.25, -0.2) is 0 Å². The molecule has 0 atom stereocenters. The van der Waals surface area contributed by atoms with Gasteiger partial charge < -0.3 is 15.1 Å². The summed E-state index contributed by atoms with van der Waals surface area (Å²) in [7, 11) is 6.37. The number of hydrogen-bond donors (Lipinski definition) is 1. The first-order valence-corrected chi connectivity index (χ1v) is 6.79. The van der Waals surface area contributed by atoms with Crippen molar-refractivity contribution >= 4 is 11.4 Å². The highest BCUT2D eigenvalue weighted by Gasteiger charge is 2.16. The minimum atomic E-state index is 0.630. The van der Waals surface area contributed by atoms with Crippen LogP contribution in [0.2, 0.25) is 0 Å². The van der Waals surface area contributed by atoms with Crippen molar-refractivity contribution in [1.29, 1.82) is 0 Å². The number of nitrogens with zero attached hydrogens (tertiary/aromatic N) is 2. The van der Waals surface area contributed by atoms with E-state index in [-0.39, 0.29) is 0 Å². The molecule has 0 unspecified atom stereocenters. The van der Waals surface area contributed by atoms with Crippen molar-refractivity contribution in [3.05, 3.63) is 23.8 Å². The molecule has 0 aliphatic carbocycles. The Morgan fingerprint density at radius 1 is 1.22 bits per heavy atom. The molecule has 1 heterocycles. The number of benzene rings is 1. The van der Waals surface area contributed by atoms with Gasteiger partial charge in [0.2, 0.25) is 0 Å². The van der Waals surface area contributed by atoms with Gasteiger partial charge in [-0.15, -0.1) is 0 Å². The molecule has 3 nitrogen and oxygen atoms in total. The van der Waals surface area contributed by atoms with Gasteiger partial charge in [0, 0.05) is 31.5 Å². The van der Waals surface area contributed by atoms with Crippen LogP contribution < -0.4 is 10.2 Å². The normalized spacial score (nSPS) is 17.8. The lowest BCUT2D eigenvalue weighted by Gasteiger charge is -2.30. The van der Waals surface area contributed by atoms with Crippen LogP contribution in [-0.2, 0) is 0 Å². The topological polar surface area (TPSA) is 18.5 Å². The van der Waals surface area contributed by atoms with E-state index in [1.807, 2.05) is 0 Å². The molecule has 1 saturated heterocycles. The molecule has 1 aromatic rings. The zero-order valence-electron chi connectivity index (χ0n) is 12.0. The summed E-state index contributed by atoms with van der Waals surface area (Å²) in [6.07, 6.45) is 2.48. The molecule has 3 heteroatoms. The van der Waals surface area contributed by atoms with Crippen molar-refractivity contribution in [2.45, 2.75) is 25.8 Å². The van der Waals surface area contributed by atoms with Crippen LogP contribution >= 0.6 is 0 Å². The summed E-state index contributed by atoms with van der Waals surface area (Å²) in [5.41, 5.74) is 3.89. The van der Waals surface area contributed by atoms with E-state index < -0.39 is 0 Å². The van der Waals surface area contributed by atoms with E-state index in [9.17, 15) is 0 Å². The van der Waals surface area contributed by atoms with E-state index in [2.05, 4.69) is 61.4 Å². The Morgan fingerprint density at radius 3 is 2.44 bits per heavy atom.